The molecule has 2 heteroatoms. The van der Waals surface area contributed by atoms with Gasteiger partial charge in [0.2, 0.25) is 0 Å². The quantitative estimate of drug-likeness (QED) is 0.597. The van der Waals surface area contributed by atoms with Gasteiger partial charge in [-0.15, -0.1) is 0 Å². The van der Waals surface area contributed by atoms with E-state index in [2.05, 4.69) is 39.1 Å². The zero-order valence-corrected chi connectivity index (χ0v) is 7.88. The summed E-state index contributed by atoms with van der Waals surface area (Å²) in [6.07, 6.45) is 2.14. The van der Waals surface area contributed by atoms with E-state index in [1.165, 1.54) is 5.75 Å². The SMILES string of the molecule is CSCC(C)(C)N(C)C. The third-order valence-corrected chi connectivity index (χ3v) is 2.70. The molecule has 0 aliphatic rings. The Morgan fingerprint density at radius 2 is 1.78 bits per heavy atom. The van der Waals surface area contributed by atoms with Crippen LogP contribution in [0.4, 0.5) is 0 Å². The molecule has 1 nitrogen and oxygen atoms in total. The van der Waals surface area contributed by atoms with Gasteiger partial charge < -0.3 is 4.90 Å². The number of thioether (sulfide) groups is 1. The van der Waals surface area contributed by atoms with Gasteiger partial charge in [-0.05, 0) is 34.2 Å². The van der Waals surface area contributed by atoms with Crippen LogP contribution in [0.15, 0.2) is 0 Å². The smallest absolute Gasteiger partial charge is 0.0237 e. The first-order valence-corrected chi connectivity index (χ1v) is 4.56. The third kappa shape index (κ3) is 3.11. The highest BCUT2D eigenvalue weighted by molar-refractivity contribution is 7.98. The summed E-state index contributed by atoms with van der Waals surface area (Å²) in [5.41, 5.74) is 0.347. The maximum Gasteiger partial charge on any atom is 0.0237 e. The molecule has 0 aromatic heterocycles. The molecule has 9 heavy (non-hydrogen) atoms. The molecule has 0 amide bonds. The van der Waals surface area contributed by atoms with Crippen LogP contribution in [0.2, 0.25) is 0 Å². The normalized spacial score (nSPS) is 12.7. The topological polar surface area (TPSA) is 3.24 Å². The van der Waals surface area contributed by atoms with E-state index in [0.29, 0.717) is 5.54 Å². The monoisotopic (exact) mass is 147 g/mol. The molecule has 0 unspecified atom stereocenters. The van der Waals surface area contributed by atoms with E-state index in [1.54, 1.807) is 0 Å². The molecule has 0 aliphatic carbocycles. The van der Waals surface area contributed by atoms with E-state index >= 15 is 0 Å². The number of hydrogen-bond acceptors (Lipinski definition) is 2. The van der Waals surface area contributed by atoms with Gasteiger partial charge >= 0.3 is 0 Å². The van der Waals surface area contributed by atoms with Crippen LogP contribution in [-0.2, 0) is 0 Å². The van der Waals surface area contributed by atoms with E-state index in [1.807, 2.05) is 11.8 Å². The summed E-state index contributed by atoms with van der Waals surface area (Å²) in [5, 5.41) is 0. The lowest BCUT2D eigenvalue weighted by atomic mass is 10.1. The molecule has 0 saturated heterocycles. The summed E-state index contributed by atoms with van der Waals surface area (Å²) in [6, 6.07) is 0. The van der Waals surface area contributed by atoms with E-state index in [4.69, 9.17) is 0 Å². The maximum absolute atomic E-state index is 2.25. The van der Waals surface area contributed by atoms with Gasteiger partial charge in [-0.2, -0.15) is 11.8 Å². The maximum atomic E-state index is 2.25. The van der Waals surface area contributed by atoms with E-state index in [-0.39, 0.29) is 0 Å². The highest BCUT2D eigenvalue weighted by Crippen LogP contribution is 2.14. The van der Waals surface area contributed by atoms with Crippen LogP contribution in [0.25, 0.3) is 0 Å². The van der Waals surface area contributed by atoms with Crippen molar-refractivity contribution in [2.24, 2.45) is 0 Å². The lowest BCUT2D eigenvalue weighted by Gasteiger charge is -2.31. The molecule has 0 saturated carbocycles. The van der Waals surface area contributed by atoms with Crippen LogP contribution < -0.4 is 0 Å². The first-order chi connectivity index (χ1) is 4.00. The predicted octanol–water partition coefficient (Wildman–Crippen LogP) is 1.69. The van der Waals surface area contributed by atoms with Gasteiger partial charge in [-0.3, -0.25) is 0 Å². The number of nitrogens with zero attached hydrogens (tertiary/aromatic N) is 1. The summed E-state index contributed by atoms with van der Waals surface area (Å²) in [7, 11) is 4.24. The van der Waals surface area contributed by atoms with Crippen LogP contribution in [0.5, 0.6) is 0 Å². The average molecular weight is 147 g/mol. The van der Waals surface area contributed by atoms with Crippen molar-refractivity contribution < 1.29 is 0 Å². The number of hydrogen-bond donors (Lipinski definition) is 0. The predicted molar refractivity (Wildman–Crippen MR) is 46.1 cm³/mol. The second-order valence-corrected chi connectivity index (χ2v) is 4.01. The fraction of sp³-hybridized carbons (Fsp3) is 1.00. The van der Waals surface area contributed by atoms with Gasteiger partial charge in [0.25, 0.3) is 0 Å². The molecule has 0 aromatic rings. The Labute approximate surface area is 62.8 Å². The van der Waals surface area contributed by atoms with Crippen molar-refractivity contribution in [1.29, 1.82) is 0 Å². The van der Waals surface area contributed by atoms with Gasteiger partial charge in [-0.25, -0.2) is 0 Å². The first kappa shape index (κ1) is 9.31. The van der Waals surface area contributed by atoms with Crippen molar-refractivity contribution in [1.82, 2.24) is 4.90 Å². The van der Waals surface area contributed by atoms with Crippen LogP contribution in [0.3, 0.4) is 0 Å². The lowest BCUT2D eigenvalue weighted by Crippen LogP contribution is -2.40. The van der Waals surface area contributed by atoms with E-state index < -0.39 is 0 Å². The first-order valence-electron chi connectivity index (χ1n) is 3.17. The molecular formula is C7H17NS. The Morgan fingerprint density at radius 1 is 1.33 bits per heavy atom. The molecule has 0 N–H and O–H groups in total. The van der Waals surface area contributed by atoms with Crippen LogP contribution in [0, 0.1) is 0 Å². The van der Waals surface area contributed by atoms with Gasteiger partial charge in [0.1, 0.15) is 0 Å². The highest BCUT2D eigenvalue weighted by atomic mass is 32.2. The molecular weight excluding hydrogens is 130 g/mol. The minimum absolute atomic E-state index is 0.347. The zero-order chi connectivity index (χ0) is 7.49. The van der Waals surface area contributed by atoms with E-state index in [0.717, 1.165) is 0 Å². The van der Waals surface area contributed by atoms with Crippen molar-refractivity contribution in [2.45, 2.75) is 19.4 Å². The molecule has 0 fully saturated rings. The average Bonchev–Trinajstić information content (AvgIpc) is 1.65. The minimum Gasteiger partial charge on any atom is -0.303 e. The minimum atomic E-state index is 0.347. The molecule has 56 valence electrons. The summed E-state index contributed by atoms with van der Waals surface area (Å²) in [6.45, 7) is 4.51. The molecule has 0 aliphatic heterocycles. The van der Waals surface area contributed by atoms with Crippen molar-refractivity contribution in [2.75, 3.05) is 26.1 Å². The summed E-state index contributed by atoms with van der Waals surface area (Å²) >= 11 is 1.90. The second-order valence-electron chi connectivity index (χ2n) is 3.14. The third-order valence-electron chi connectivity index (χ3n) is 1.71. The van der Waals surface area contributed by atoms with Crippen LogP contribution in [0.1, 0.15) is 13.8 Å². The summed E-state index contributed by atoms with van der Waals surface area (Å²) < 4.78 is 0. The Bertz CT molecular complexity index is 79.0. The Hall–Kier alpha value is 0.310. The van der Waals surface area contributed by atoms with Crippen LogP contribution in [-0.4, -0.2) is 36.5 Å². The second kappa shape index (κ2) is 3.47. The highest BCUT2D eigenvalue weighted by Gasteiger charge is 2.18. The standard InChI is InChI=1S/C7H17NS/c1-7(2,6-9-5)8(3)4/h6H2,1-5H3. The summed E-state index contributed by atoms with van der Waals surface area (Å²) in [5.74, 6) is 1.19. The zero-order valence-electron chi connectivity index (χ0n) is 7.06. The van der Waals surface area contributed by atoms with Crippen molar-refractivity contribution >= 4 is 11.8 Å². The molecule has 0 radical (unpaired) electrons. The van der Waals surface area contributed by atoms with Gasteiger partial charge in [-0.1, -0.05) is 0 Å². The van der Waals surface area contributed by atoms with Gasteiger partial charge in [0, 0.05) is 11.3 Å². The Kier molecular flexibility index (Phi) is 3.59. The van der Waals surface area contributed by atoms with E-state index in [9.17, 15) is 0 Å². The largest absolute Gasteiger partial charge is 0.303 e. The van der Waals surface area contributed by atoms with Crippen molar-refractivity contribution in [3.05, 3.63) is 0 Å². The molecule has 0 spiro atoms. The number of rotatable bonds is 3. The molecule has 0 atom stereocenters. The van der Waals surface area contributed by atoms with Crippen molar-refractivity contribution in [3.8, 4) is 0 Å². The van der Waals surface area contributed by atoms with Crippen molar-refractivity contribution in [3.63, 3.8) is 0 Å². The fourth-order valence-electron chi connectivity index (χ4n) is 0.482. The fourth-order valence-corrected chi connectivity index (χ4v) is 1.45. The Balaban J connectivity index is 3.70. The Morgan fingerprint density at radius 3 is 1.89 bits per heavy atom. The lowest BCUT2D eigenvalue weighted by molar-refractivity contribution is 0.224. The summed E-state index contributed by atoms with van der Waals surface area (Å²) in [4.78, 5) is 2.25. The van der Waals surface area contributed by atoms with Gasteiger partial charge in [0.05, 0.1) is 0 Å². The molecule has 0 aromatic carbocycles. The molecule has 0 heterocycles. The van der Waals surface area contributed by atoms with Crippen LogP contribution >= 0.6 is 11.8 Å². The molecule has 0 bridgehead atoms. The van der Waals surface area contributed by atoms with Gasteiger partial charge in [0.15, 0.2) is 0 Å². The molecule has 0 rings (SSSR count).